The Balaban J connectivity index is 0. The minimum absolute atomic E-state index is 0. The normalized spacial score (nSPS) is 10.0. The number of halogens is 4. The molecule has 1 unspecified atom stereocenters. The Labute approximate surface area is 66.6 Å². The molecule has 1 atom stereocenters. The molecule has 0 radical (unpaired) electrons. The van der Waals surface area contributed by atoms with Crippen LogP contribution in [0.15, 0.2) is 0 Å². The summed E-state index contributed by atoms with van der Waals surface area (Å²) in [6.45, 7) is 0. The summed E-state index contributed by atoms with van der Waals surface area (Å²) < 4.78 is 0. The second-order valence-corrected chi connectivity index (χ2v) is 15.9. The number of hydrogen-bond acceptors (Lipinski definition) is 0. The van der Waals surface area contributed by atoms with Gasteiger partial charge in [0.25, 0.3) is 0 Å². The van der Waals surface area contributed by atoms with Crippen LogP contribution in [-0.2, 0) is 12.3 Å². The maximum absolute atomic E-state index is 5.01. The van der Waals surface area contributed by atoms with E-state index in [1.807, 2.05) is 0 Å². The van der Waals surface area contributed by atoms with Crippen LogP contribution in [0.5, 0.6) is 0 Å². The van der Waals surface area contributed by atoms with Gasteiger partial charge in [0.15, 0.2) is 0 Å². The van der Waals surface area contributed by atoms with Gasteiger partial charge in [-0.05, 0) is 0 Å². The van der Waals surface area contributed by atoms with E-state index in [9.17, 15) is 0 Å². The third-order valence-electron chi connectivity index (χ3n) is 0. The van der Waals surface area contributed by atoms with Crippen LogP contribution in [0.2, 0.25) is 0 Å². The van der Waals surface area contributed by atoms with Crippen LogP contribution < -0.4 is 0 Å². The summed E-state index contributed by atoms with van der Waals surface area (Å²) in [6.07, 6.45) is 0. The molecular weight excluding hydrogens is 265 g/mol. The van der Waals surface area contributed by atoms with Crippen LogP contribution in [0.3, 0.4) is 0 Å². The zero-order valence-corrected chi connectivity index (χ0v) is 10.3. The van der Waals surface area contributed by atoms with Crippen molar-refractivity contribution in [2.75, 3.05) is 0 Å². The van der Waals surface area contributed by atoms with Crippen LogP contribution in [0, 0.1) is 0 Å². The van der Waals surface area contributed by atoms with E-state index in [4.69, 9.17) is 37.2 Å². The van der Waals surface area contributed by atoms with Gasteiger partial charge in [-0.2, -0.15) is 0 Å². The second kappa shape index (κ2) is 4.33. The molecule has 0 aliphatic rings. The molecule has 6 heteroatoms. The molecule has 0 spiro atoms. The zero-order valence-electron chi connectivity index (χ0n) is 2.72. The standard InChI is InChI=1S/AsH3.4ClH.Ti/h1H3;4*1H;/q;;;;;+4/p-4. The van der Waals surface area contributed by atoms with Crippen molar-refractivity contribution in [3.05, 3.63) is 0 Å². The summed E-state index contributed by atoms with van der Waals surface area (Å²) in [5.74, 6) is 0. The van der Waals surface area contributed by atoms with Gasteiger partial charge in [-0.3, -0.25) is 0 Å². The Morgan fingerprint density at radius 2 is 0.833 bits per heavy atom. The van der Waals surface area contributed by atoms with Gasteiger partial charge >= 0.3 is 67.5 Å². The van der Waals surface area contributed by atoms with Crippen LogP contribution in [0.25, 0.3) is 0 Å². The number of hydrogen-bond donors (Lipinski definition) is 0. The van der Waals surface area contributed by atoms with E-state index < -0.39 is 12.3 Å². The Morgan fingerprint density at radius 1 is 0.833 bits per heavy atom. The Bertz CT molecular complexity index is 23.0. The molecule has 0 bridgehead atoms. The van der Waals surface area contributed by atoms with Crippen molar-refractivity contribution < 1.29 is 12.3 Å². The SMILES string of the molecule is [AsH3].[Cl][Ti]([Cl])([Cl])[Cl]. The van der Waals surface area contributed by atoms with Crippen molar-refractivity contribution in [1.82, 2.24) is 0 Å². The average molecular weight is 268 g/mol. The summed E-state index contributed by atoms with van der Waals surface area (Å²) in [5.41, 5.74) is 0. The molecule has 0 saturated heterocycles. The Morgan fingerprint density at radius 3 is 0.833 bits per heavy atom. The topological polar surface area (TPSA) is 0 Å². The molecule has 6 heavy (non-hydrogen) atoms. The van der Waals surface area contributed by atoms with Crippen molar-refractivity contribution >= 4 is 55.2 Å². The third kappa shape index (κ3) is 32.1. The van der Waals surface area contributed by atoms with Gasteiger partial charge in [0.2, 0.25) is 0 Å². The average Bonchev–Trinajstić information content (AvgIpc) is 0.722. The molecule has 0 fully saturated rings. The van der Waals surface area contributed by atoms with Gasteiger partial charge in [-0.15, -0.1) is 0 Å². The van der Waals surface area contributed by atoms with Crippen LogP contribution in [-0.4, -0.2) is 18.0 Å². The fourth-order valence-electron chi connectivity index (χ4n) is 0. The van der Waals surface area contributed by atoms with E-state index in [1.165, 1.54) is 0 Å². The molecule has 0 amide bonds. The van der Waals surface area contributed by atoms with Gasteiger partial charge in [0, 0.05) is 0 Å². The van der Waals surface area contributed by atoms with Gasteiger partial charge < -0.3 is 0 Å². The van der Waals surface area contributed by atoms with E-state index in [2.05, 4.69) is 0 Å². The summed E-state index contributed by atoms with van der Waals surface area (Å²) >= 11 is -3.11. The maximum atomic E-state index is 5.01. The Hall–Kier alpha value is 2.43. The van der Waals surface area contributed by atoms with E-state index in [1.54, 1.807) is 0 Å². The molecule has 0 aromatic rings. The molecule has 0 saturated carbocycles. The van der Waals surface area contributed by atoms with Crippen LogP contribution in [0.1, 0.15) is 0 Å². The molecule has 0 aromatic heterocycles. The molecule has 0 rings (SSSR count). The second-order valence-electron chi connectivity index (χ2n) is 0.429. The molecule has 0 nitrogen and oxygen atoms in total. The minimum atomic E-state index is -3.11. The van der Waals surface area contributed by atoms with E-state index >= 15 is 0 Å². The summed E-state index contributed by atoms with van der Waals surface area (Å²) in [4.78, 5) is 0. The molecular formula is H3AsCl4Ti. The van der Waals surface area contributed by atoms with Gasteiger partial charge in [0.1, 0.15) is 0 Å². The summed E-state index contributed by atoms with van der Waals surface area (Å²) in [7, 11) is 20.1. The van der Waals surface area contributed by atoms with Crippen LogP contribution >= 0.6 is 37.2 Å². The van der Waals surface area contributed by atoms with Gasteiger partial charge in [-0.25, -0.2) is 0 Å². The Kier molecular flexibility index (Phi) is 8.12. The monoisotopic (exact) mass is 266 g/mol. The van der Waals surface area contributed by atoms with E-state index in [-0.39, 0.29) is 18.0 Å². The van der Waals surface area contributed by atoms with Crippen molar-refractivity contribution in [3.8, 4) is 0 Å². The zero-order chi connectivity index (χ0) is 4.50. The van der Waals surface area contributed by atoms with E-state index in [0.717, 1.165) is 0 Å². The molecule has 0 aliphatic heterocycles. The molecule has 0 aromatic carbocycles. The first kappa shape index (κ1) is 11.3. The molecule has 0 aliphatic carbocycles. The fourth-order valence-corrected chi connectivity index (χ4v) is 0. The molecule has 0 N–H and O–H groups in total. The summed E-state index contributed by atoms with van der Waals surface area (Å²) in [5, 5.41) is 0. The van der Waals surface area contributed by atoms with Crippen LogP contribution in [0.4, 0.5) is 0 Å². The van der Waals surface area contributed by atoms with Gasteiger partial charge in [0.05, 0.1) is 0 Å². The number of rotatable bonds is 0. The van der Waals surface area contributed by atoms with Gasteiger partial charge in [-0.1, -0.05) is 0 Å². The predicted octanol–water partition coefficient (Wildman–Crippen LogP) is 1.57. The predicted molar refractivity (Wildman–Crippen MR) is 33.4 cm³/mol. The van der Waals surface area contributed by atoms with Crippen molar-refractivity contribution in [3.63, 3.8) is 0 Å². The van der Waals surface area contributed by atoms with Crippen molar-refractivity contribution in [2.24, 2.45) is 0 Å². The molecule has 40 valence electrons. The first-order valence-electron chi connectivity index (χ1n) is 0.756. The fraction of sp³-hybridized carbons (Fsp3) is 0. The first-order valence-corrected chi connectivity index (χ1v) is 9.35. The van der Waals surface area contributed by atoms with Crippen molar-refractivity contribution in [2.45, 2.75) is 0 Å². The molecule has 0 heterocycles. The van der Waals surface area contributed by atoms with Crippen molar-refractivity contribution in [1.29, 1.82) is 0 Å². The quantitative estimate of drug-likeness (QED) is 0.585. The van der Waals surface area contributed by atoms with E-state index in [0.29, 0.717) is 0 Å². The third-order valence-corrected chi connectivity index (χ3v) is 0. The first-order chi connectivity index (χ1) is 2.00. The summed E-state index contributed by atoms with van der Waals surface area (Å²) in [6, 6.07) is 0.